The van der Waals surface area contributed by atoms with E-state index >= 15 is 0 Å². The summed E-state index contributed by atoms with van der Waals surface area (Å²) in [6, 6.07) is 47.6. The Bertz CT molecular complexity index is 1230. The number of nitrogens with zero attached hydrogens (tertiary/aromatic N) is 2. The van der Waals surface area contributed by atoms with Gasteiger partial charge in [-0.25, -0.2) is 0 Å². The predicted molar refractivity (Wildman–Crippen MR) is 141 cm³/mol. The second kappa shape index (κ2) is 9.50. The topological polar surface area (TPSA) is 6.48 Å². The van der Waals surface area contributed by atoms with Gasteiger partial charge in [-0.1, -0.05) is 90.4 Å². The number of hydrogen-bond donors (Lipinski definition) is 0. The van der Waals surface area contributed by atoms with Crippen molar-refractivity contribution in [2.45, 2.75) is 0 Å². The quantitative estimate of drug-likeness (QED) is 0.263. The van der Waals surface area contributed by atoms with E-state index in [4.69, 9.17) is 7.85 Å². The lowest BCUT2D eigenvalue weighted by molar-refractivity contribution is 1.23. The Labute approximate surface area is 196 Å². The molecule has 3 heteroatoms. The van der Waals surface area contributed by atoms with Crippen LogP contribution >= 0.6 is 0 Å². The third kappa shape index (κ3) is 4.26. The van der Waals surface area contributed by atoms with Crippen molar-refractivity contribution in [3.8, 4) is 0 Å². The maximum Gasteiger partial charge on any atom is 0.116 e. The minimum Gasteiger partial charge on any atom is -0.309 e. The standard InChI is InChI=1S/C30H23BN2/c31-28-22-13-23-29(32(24-14-5-1-6-15-24)25-16-7-2-8-17-25)30(28)33(26-18-9-3-10-19-26)27-20-11-4-12-21-27/h1-23H. The van der Waals surface area contributed by atoms with Gasteiger partial charge in [0.15, 0.2) is 0 Å². The Kier molecular flexibility index (Phi) is 5.94. The predicted octanol–water partition coefficient (Wildman–Crippen LogP) is 7.42. The van der Waals surface area contributed by atoms with E-state index in [1.807, 2.05) is 36.4 Å². The average Bonchev–Trinajstić information content (AvgIpc) is 2.89. The number of para-hydroxylation sites is 5. The Balaban J connectivity index is 1.79. The van der Waals surface area contributed by atoms with Crippen molar-refractivity contribution in [2.24, 2.45) is 0 Å². The molecule has 0 aromatic heterocycles. The van der Waals surface area contributed by atoms with E-state index in [1.165, 1.54) is 0 Å². The summed E-state index contributed by atoms with van der Waals surface area (Å²) in [4.78, 5) is 4.48. The Morgan fingerprint density at radius 1 is 0.364 bits per heavy atom. The fourth-order valence-electron chi connectivity index (χ4n) is 4.12. The monoisotopic (exact) mass is 422 g/mol. The van der Waals surface area contributed by atoms with Crippen LogP contribution in [0.1, 0.15) is 0 Å². The molecule has 5 aromatic rings. The van der Waals surface area contributed by atoms with E-state index < -0.39 is 0 Å². The van der Waals surface area contributed by atoms with Gasteiger partial charge in [0.25, 0.3) is 0 Å². The smallest absolute Gasteiger partial charge is 0.116 e. The summed E-state index contributed by atoms with van der Waals surface area (Å²) in [5, 5.41) is 0. The van der Waals surface area contributed by atoms with Gasteiger partial charge in [0.05, 0.1) is 11.4 Å². The molecule has 0 bridgehead atoms. The van der Waals surface area contributed by atoms with Crippen LogP contribution in [-0.4, -0.2) is 7.85 Å². The van der Waals surface area contributed by atoms with Crippen LogP contribution in [0, 0.1) is 0 Å². The molecule has 0 spiro atoms. The van der Waals surface area contributed by atoms with E-state index in [-0.39, 0.29) is 0 Å². The van der Waals surface area contributed by atoms with Gasteiger partial charge < -0.3 is 9.80 Å². The zero-order valence-electron chi connectivity index (χ0n) is 18.3. The highest BCUT2D eigenvalue weighted by Gasteiger charge is 2.22. The molecule has 33 heavy (non-hydrogen) atoms. The molecule has 2 radical (unpaired) electrons. The second-order valence-corrected chi connectivity index (χ2v) is 7.73. The molecule has 156 valence electrons. The van der Waals surface area contributed by atoms with E-state index in [1.54, 1.807) is 0 Å². The van der Waals surface area contributed by atoms with E-state index in [9.17, 15) is 0 Å². The van der Waals surface area contributed by atoms with Gasteiger partial charge in [-0.05, 0) is 54.6 Å². The summed E-state index contributed by atoms with van der Waals surface area (Å²) >= 11 is 0. The highest BCUT2D eigenvalue weighted by molar-refractivity contribution is 6.37. The van der Waals surface area contributed by atoms with E-state index in [0.717, 1.165) is 34.1 Å². The van der Waals surface area contributed by atoms with Crippen LogP contribution in [0.3, 0.4) is 0 Å². The van der Waals surface area contributed by atoms with Gasteiger partial charge in [0.1, 0.15) is 7.85 Å². The molecule has 0 fully saturated rings. The van der Waals surface area contributed by atoms with Crippen molar-refractivity contribution in [2.75, 3.05) is 9.80 Å². The zero-order valence-corrected chi connectivity index (χ0v) is 18.3. The van der Waals surface area contributed by atoms with Crippen LogP contribution < -0.4 is 15.3 Å². The largest absolute Gasteiger partial charge is 0.309 e. The van der Waals surface area contributed by atoms with Crippen LogP contribution in [0.25, 0.3) is 0 Å². The molecule has 0 N–H and O–H groups in total. The first-order valence-electron chi connectivity index (χ1n) is 11.0. The molecular weight excluding hydrogens is 399 g/mol. The van der Waals surface area contributed by atoms with Gasteiger partial charge in [0, 0.05) is 22.7 Å². The van der Waals surface area contributed by atoms with Gasteiger partial charge in [-0.2, -0.15) is 0 Å². The molecule has 5 rings (SSSR count). The third-order valence-corrected chi connectivity index (χ3v) is 5.57. The second-order valence-electron chi connectivity index (χ2n) is 7.73. The van der Waals surface area contributed by atoms with Gasteiger partial charge in [-0.3, -0.25) is 0 Å². The first-order valence-corrected chi connectivity index (χ1v) is 11.0. The third-order valence-electron chi connectivity index (χ3n) is 5.57. The highest BCUT2D eigenvalue weighted by atomic mass is 15.2. The first kappa shape index (κ1) is 20.7. The minimum absolute atomic E-state index is 0.706. The van der Waals surface area contributed by atoms with Crippen molar-refractivity contribution < 1.29 is 0 Å². The highest BCUT2D eigenvalue weighted by Crippen LogP contribution is 2.44. The fourth-order valence-corrected chi connectivity index (χ4v) is 4.12. The summed E-state index contributed by atoms with van der Waals surface area (Å²) in [7, 11) is 6.72. The van der Waals surface area contributed by atoms with Crippen molar-refractivity contribution in [1.29, 1.82) is 0 Å². The molecule has 0 unspecified atom stereocenters. The maximum absolute atomic E-state index is 6.72. The molecule has 0 amide bonds. The Morgan fingerprint density at radius 2 is 0.727 bits per heavy atom. The van der Waals surface area contributed by atoms with Crippen molar-refractivity contribution in [3.63, 3.8) is 0 Å². The Hall–Kier alpha value is -4.24. The summed E-state index contributed by atoms with van der Waals surface area (Å²) in [6.45, 7) is 0. The summed E-state index contributed by atoms with van der Waals surface area (Å²) in [6.07, 6.45) is 0. The zero-order chi connectivity index (χ0) is 22.5. The molecule has 0 saturated carbocycles. The maximum atomic E-state index is 6.72. The van der Waals surface area contributed by atoms with Crippen LogP contribution in [-0.2, 0) is 0 Å². The number of rotatable bonds is 6. The van der Waals surface area contributed by atoms with Gasteiger partial charge in [-0.15, -0.1) is 0 Å². The Morgan fingerprint density at radius 3 is 1.12 bits per heavy atom. The molecule has 0 heterocycles. The number of hydrogen-bond acceptors (Lipinski definition) is 2. The molecule has 5 aromatic carbocycles. The minimum atomic E-state index is 0.706. The van der Waals surface area contributed by atoms with E-state index in [2.05, 4.69) is 113 Å². The van der Waals surface area contributed by atoms with E-state index in [0.29, 0.717) is 5.46 Å². The molecular formula is C30H23BN2. The molecule has 0 aliphatic heterocycles. The molecule has 0 aliphatic rings. The molecule has 0 saturated heterocycles. The fraction of sp³-hybridized carbons (Fsp3) is 0. The number of anilines is 6. The summed E-state index contributed by atoms with van der Waals surface area (Å²) < 4.78 is 0. The van der Waals surface area contributed by atoms with Crippen LogP contribution in [0.15, 0.2) is 140 Å². The molecule has 0 atom stereocenters. The van der Waals surface area contributed by atoms with Crippen molar-refractivity contribution in [3.05, 3.63) is 140 Å². The van der Waals surface area contributed by atoms with Gasteiger partial charge in [0.2, 0.25) is 0 Å². The number of benzene rings is 5. The normalized spacial score (nSPS) is 10.5. The molecule has 2 nitrogen and oxygen atoms in total. The van der Waals surface area contributed by atoms with Crippen molar-refractivity contribution >= 4 is 47.4 Å². The van der Waals surface area contributed by atoms with Crippen LogP contribution in [0.2, 0.25) is 0 Å². The van der Waals surface area contributed by atoms with Crippen LogP contribution in [0.5, 0.6) is 0 Å². The lowest BCUT2D eigenvalue weighted by Crippen LogP contribution is -2.23. The van der Waals surface area contributed by atoms with Gasteiger partial charge >= 0.3 is 0 Å². The molecule has 0 aliphatic carbocycles. The SMILES string of the molecule is [B]c1cccc(N(c2ccccc2)c2ccccc2)c1N(c1ccccc1)c1ccccc1. The van der Waals surface area contributed by atoms with Crippen LogP contribution in [0.4, 0.5) is 34.1 Å². The lowest BCUT2D eigenvalue weighted by Gasteiger charge is -2.34. The summed E-state index contributed by atoms with van der Waals surface area (Å²) in [5.74, 6) is 0. The average molecular weight is 422 g/mol. The lowest BCUT2D eigenvalue weighted by atomic mass is 9.91. The summed E-state index contributed by atoms with van der Waals surface area (Å²) in [5.41, 5.74) is 6.86. The first-order chi connectivity index (χ1) is 16.3. The van der Waals surface area contributed by atoms with Crippen molar-refractivity contribution in [1.82, 2.24) is 0 Å².